The minimum Gasteiger partial charge on any atom is -0.462 e. The number of benzene rings is 2. The van der Waals surface area contributed by atoms with E-state index in [0.29, 0.717) is 22.0 Å². The molecule has 0 aliphatic heterocycles. The van der Waals surface area contributed by atoms with Gasteiger partial charge in [-0.3, -0.25) is 4.79 Å². The molecule has 4 aromatic rings. The van der Waals surface area contributed by atoms with Crippen molar-refractivity contribution < 1.29 is 18.8 Å². The van der Waals surface area contributed by atoms with Crippen LogP contribution in [0.3, 0.4) is 0 Å². The first-order valence-electron chi connectivity index (χ1n) is 9.80. The zero-order valence-corrected chi connectivity index (χ0v) is 17.6. The van der Waals surface area contributed by atoms with Gasteiger partial charge in [-0.05, 0) is 12.5 Å². The fourth-order valence-electron chi connectivity index (χ4n) is 3.16. The number of rotatable bonds is 7. The maximum Gasteiger partial charge on any atom is 0.341 e. The largest absolute Gasteiger partial charge is 0.462 e. The topological polar surface area (TPSA) is 81.4 Å². The van der Waals surface area contributed by atoms with Gasteiger partial charge in [0.2, 0.25) is 5.91 Å². The molecule has 0 saturated heterocycles. The van der Waals surface area contributed by atoms with E-state index in [9.17, 15) is 9.59 Å². The molecule has 0 radical (unpaired) electrons. The zero-order chi connectivity index (χ0) is 21.6. The molecule has 0 aliphatic rings. The molecular weight excluding hydrogens is 412 g/mol. The Morgan fingerprint density at radius 3 is 2.39 bits per heavy atom. The molecule has 0 fully saturated rings. The zero-order valence-electron chi connectivity index (χ0n) is 16.8. The van der Waals surface area contributed by atoms with Crippen molar-refractivity contribution >= 4 is 28.2 Å². The van der Waals surface area contributed by atoms with Crippen molar-refractivity contribution in [3.63, 3.8) is 0 Å². The van der Waals surface area contributed by atoms with Crippen molar-refractivity contribution in [2.24, 2.45) is 0 Å². The fraction of sp³-hybridized carbons (Fsp3) is 0.125. The number of ether oxygens (including phenoxy) is 1. The van der Waals surface area contributed by atoms with E-state index >= 15 is 0 Å². The first-order chi connectivity index (χ1) is 15.2. The fourth-order valence-corrected chi connectivity index (χ4v) is 4.13. The van der Waals surface area contributed by atoms with Gasteiger partial charge in [0.05, 0.1) is 13.0 Å². The summed E-state index contributed by atoms with van der Waals surface area (Å²) in [6.45, 7) is 2.00. The maximum absolute atomic E-state index is 12.7. The molecule has 0 aliphatic carbocycles. The summed E-state index contributed by atoms with van der Waals surface area (Å²) in [6, 6.07) is 20.9. The van der Waals surface area contributed by atoms with Gasteiger partial charge in [-0.2, -0.15) is 0 Å². The maximum atomic E-state index is 12.7. The summed E-state index contributed by atoms with van der Waals surface area (Å²) in [4.78, 5) is 25.3. The van der Waals surface area contributed by atoms with Crippen molar-refractivity contribution in [1.29, 1.82) is 0 Å². The van der Waals surface area contributed by atoms with Crippen molar-refractivity contribution in [2.45, 2.75) is 13.3 Å². The first kappa shape index (κ1) is 20.6. The lowest BCUT2D eigenvalue weighted by molar-refractivity contribution is -0.115. The summed E-state index contributed by atoms with van der Waals surface area (Å²) in [6.07, 6.45) is 0.000664. The summed E-state index contributed by atoms with van der Waals surface area (Å²) in [5, 5.41) is 9.16. The number of hydrogen-bond donors (Lipinski definition) is 1. The van der Waals surface area contributed by atoms with E-state index in [-0.39, 0.29) is 18.9 Å². The Balaban J connectivity index is 1.54. The number of aromatic nitrogens is 1. The van der Waals surface area contributed by atoms with E-state index in [2.05, 4.69) is 10.5 Å². The predicted octanol–water partition coefficient (Wildman–Crippen LogP) is 5.43. The lowest BCUT2D eigenvalue weighted by Gasteiger charge is -2.08. The molecule has 31 heavy (non-hydrogen) atoms. The summed E-state index contributed by atoms with van der Waals surface area (Å²) in [5.74, 6) is -0.333. The number of nitrogens with one attached hydrogen (secondary N) is 1. The van der Waals surface area contributed by atoms with Crippen molar-refractivity contribution in [2.75, 3.05) is 11.9 Å². The molecule has 0 bridgehead atoms. The molecule has 0 atom stereocenters. The van der Waals surface area contributed by atoms with Crippen LogP contribution >= 0.6 is 11.3 Å². The van der Waals surface area contributed by atoms with E-state index < -0.39 is 5.97 Å². The van der Waals surface area contributed by atoms with Gasteiger partial charge < -0.3 is 14.6 Å². The molecule has 4 rings (SSSR count). The number of esters is 1. The highest BCUT2D eigenvalue weighted by Crippen LogP contribution is 2.36. The number of hydrogen-bond acceptors (Lipinski definition) is 6. The average Bonchev–Trinajstić information content (AvgIpc) is 3.42. The number of anilines is 1. The lowest BCUT2D eigenvalue weighted by Crippen LogP contribution is -2.16. The van der Waals surface area contributed by atoms with Crippen LogP contribution in [0.1, 0.15) is 23.0 Å². The monoisotopic (exact) mass is 432 g/mol. The molecule has 2 heterocycles. The Bertz CT molecular complexity index is 1180. The average molecular weight is 433 g/mol. The summed E-state index contributed by atoms with van der Waals surface area (Å²) >= 11 is 1.29. The van der Waals surface area contributed by atoms with E-state index in [4.69, 9.17) is 9.26 Å². The van der Waals surface area contributed by atoms with E-state index in [1.165, 1.54) is 11.3 Å². The van der Waals surface area contributed by atoms with Crippen LogP contribution < -0.4 is 5.32 Å². The van der Waals surface area contributed by atoms with Gasteiger partial charge in [-0.1, -0.05) is 65.8 Å². The quantitative estimate of drug-likeness (QED) is 0.394. The highest BCUT2D eigenvalue weighted by atomic mass is 32.1. The number of carbonyl (C=O) groups excluding carboxylic acids is 2. The third-order valence-electron chi connectivity index (χ3n) is 4.57. The molecule has 0 saturated carbocycles. The van der Waals surface area contributed by atoms with Crippen LogP contribution in [0.15, 0.2) is 76.6 Å². The Hall–Kier alpha value is -3.71. The normalized spacial score (nSPS) is 10.6. The molecule has 1 amide bonds. The van der Waals surface area contributed by atoms with Gasteiger partial charge in [-0.25, -0.2) is 4.79 Å². The number of carbonyl (C=O) groups is 2. The third-order valence-corrected chi connectivity index (χ3v) is 5.47. The molecule has 7 heteroatoms. The van der Waals surface area contributed by atoms with E-state index in [1.807, 2.05) is 66.0 Å². The van der Waals surface area contributed by atoms with Crippen LogP contribution in [-0.2, 0) is 16.0 Å². The molecule has 2 aromatic carbocycles. The third kappa shape index (κ3) is 4.73. The summed E-state index contributed by atoms with van der Waals surface area (Å²) < 4.78 is 10.5. The summed E-state index contributed by atoms with van der Waals surface area (Å²) in [7, 11) is 0. The first-order valence-corrected chi connectivity index (χ1v) is 10.7. The van der Waals surface area contributed by atoms with Crippen LogP contribution in [-0.4, -0.2) is 23.6 Å². The molecule has 2 aromatic heterocycles. The van der Waals surface area contributed by atoms with Crippen molar-refractivity contribution in [3.05, 3.63) is 83.4 Å². The van der Waals surface area contributed by atoms with Gasteiger partial charge in [0.1, 0.15) is 22.0 Å². The van der Waals surface area contributed by atoms with Crippen LogP contribution in [0.25, 0.3) is 22.4 Å². The second kappa shape index (κ2) is 9.40. The standard InChI is InChI=1S/C24H20N2O4S/c1-2-29-24(28)22-19(16-9-5-3-6-10-16)15-31-23(22)25-21(27)14-18-13-20(26-30-18)17-11-7-4-8-12-17/h3-13,15H,2,14H2,1H3,(H,25,27). The molecule has 0 unspecified atom stereocenters. The van der Waals surface area contributed by atoms with Gasteiger partial charge >= 0.3 is 5.97 Å². The Labute approximate surface area is 183 Å². The van der Waals surface area contributed by atoms with Gasteiger partial charge in [-0.15, -0.1) is 11.3 Å². The smallest absolute Gasteiger partial charge is 0.341 e. The molecule has 156 valence electrons. The Morgan fingerprint density at radius 1 is 1.03 bits per heavy atom. The molecule has 6 nitrogen and oxygen atoms in total. The van der Waals surface area contributed by atoms with Crippen LogP contribution in [0, 0.1) is 0 Å². The SMILES string of the molecule is CCOC(=O)c1c(-c2ccccc2)csc1NC(=O)Cc1cc(-c2ccccc2)no1. The van der Waals surface area contributed by atoms with Crippen molar-refractivity contribution in [3.8, 4) is 22.4 Å². The van der Waals surface area contributed by atoms with Gasteiger partial charge in [0.15, 0.2) is 0 Å². The number of thiophene rings is 1. The van der Waals surface area contributed by atoms with Crippen LogP contribution in [0.2, 0.25) is 0 Å². The summed E-state index contributed by atoms with van der Waals surface area (Å²) in [5.41, 5.74) is 3.54. The van der Waals surface area contributed by atoms with Crippen LogP contribution in [0.5, 0.6) is 0 Å². The predicted molar refractivity (Wildman–Crippen MR) is 120 cm³/mol. The number of nitrogens with zero attached hydrogens (tertiary/aromatic N) is 1. The van der Waals surface area contributed by atoms with E-state index in [1.54, 1.807) is 13.0 Å². The van der Waals surface area contributed by atoms with Crippen LogP contribution in [0.4, 0.5) is 5.00 Å². The minimum atomic E-state index is -0.469. The van der Waals surface area contributed by atoms with E-state index in [0.717, 1.165) is 16.7 Å². The number of amides is 1. The molecule has 1 N–H and O–H groups in total. The second-order valence-electron chi connectivity index (χ2n) is 6.71. The van der Waals surface area contributed by atoms with Gasteiger partial charge in [0.25, 0.3) is 0 Å². The Morgan fingerprint density at radius 2 is 1.71 bits per heavy atom. The molecular formula is C24H20N2O4S. The Kier molecular flexibility index (Phi) is 6.24. The highest BCUT2D eigenvalue weighted by Gasteiger charge is 2.23. The highest BCUT2D eigenvalue weighted by molar-refractivity contribution is 7.15. The minimum absolute atomic E-state index is 0.000664. The molecule has 0 spiro atoms. The van der Waals surface area contributed by atoms with Crippen molar-refractivity contribution in [1.82, 2.24) is 5.16 Å². The van der Waals surface area contributed by atoms with Gasteiger partial charge in [0, 0.05) is 22.6 Å². The lowest BCUT2D eigenvalue weighted by atomic mass is 10.0. The second-order valence-corrected chi connectivity index (χ2v) is 7.59.